The molecule has 0 bridgehead atoms. The highest BCUT2D eigenvalue weighted by atomic mass is 79.9. The quantitative estimate of drug-likeness (QED) is 0.820. The minimum absolute atomic E-state index is 0.186. The van der Waals surface area contributed by atoms with Crippen LogP contribution in [0.1, 0.15) is 30.9 Å². The third-order valence-electron chi connectivity index (χ3n) is 2.61. The van der Waals surface area contributed by atoms with E-state index < -0.39 is 0 Å². The summed E-state index contributed by atoms with van der Waals surface area (Å²) in [5.74, 6) is 0.257. The van der Waals surface area contributed by atoms with E-state index in [9.17, 15) is 5.11 Å². The summed E-state index contributed by atoms with van der Waals surface area (Å²) in [4.78, 5) is 4.30. The van der Waals surface area contributed by atoms with Gasteiger partial charge < -0.3 is 5.11 Å². The van der Waals surface area contributed by atoms with Crippen molar-refractivity contribution in [2.24, 2.45) is 0 Å². The van der Waals surface area contributed by atoms with Crippen molar-refractivity contribution in [1.29, 1.82) is 0 Å². The average molecular weight is 242 g/mol. The van der Waals surface area contributed by atoms with Crippen LogP contribution in [-0.2, 0) is 0 Å². The molecule has 0 spiro atoms. The summed E-state index contributed by atoms with van der Waals surface area (Å²) in [5.41, 5.74) is 1.02. The number of rotatable bonds is 1. The minimum Gasteiger partial charge on any atom is -0.392 e. The summed E-state index contributed by atoms with van der Waals surface area (Å²) in [5, 5.41) is 9.66. The Labute approximate surface area is 86.1 Å². The Morgan fingerprint density at radius 2 is 2.23 bits per heavy atom. The predicted molar refractivity (Wildman–Crippen MR) is 54.5 cm³/mol. The molecule has 70 valence electrons. The van der Waals surface area contributed by atoms with Crippen LogP contribution in [0.25, 0.3) is 0 Å². The molecule has 2 atom stereocenters. The molecule has 1 aliphatic rings. The van der Waals surface area contributed by atoms with Crippen LogP contribution >= 0.6 is 15.9 Å². The highest BCUT2D eigenvalue weighted by molar-refractivity contribution is 9.10. The first-order valence-electron chi connectivity index (χ1n) is 4.57. The van der Waals surface area contributed by atoms with Crippen LogP contribution in [0, 0.1) is 0 Å². The molecule has 1 N–H and O–H groups in total. The fourth-order valence-corrected chi connectivity index (χ4v) is 2.13. The van der Waals surface area contributed by atoms with Crippen LogP contribution in [0.4, 0.5) is 0 Å². The number of aromatic nitrogens is 1. The van der Waals surface area contributed by atoms with E-state index in [0.717, 1.165) is 29.4 Å². The molecule has 1 aromatic rings. The number of halogens is 1. The zero-order valence-corrected chi connectivity index (χ0v) is 8.87. The molecule has 0 saturated heterocycles. The molecular weight excluding hydrogens is 230 g/mol. The van der Waals surface area contributed by atoms with Gasteiger partial charge in [-0.15, -0.1) is 0 Å². The van der Waals surface area contributed by atoms with Crippen LogP contribution < -0.4 is 0 Å². The summed E-state index contributed by atoms with van der Waals surface area (Å²) in [6.07, 6.45) is 4.70. The van der Waals surface area contributed by atoms with E-state index in [1.54, 1.807) is 6.20 Å². The molecule has 2 nitrogen and oxygen atoms in total. The summed E-state index contributed by atoms with van der Waals surface area (Å²) >= 11 is 3.34. The van der Waals surface area contributed by atoms with Crippen molar-refractivity contribution in [2.75, 3.05) is 0 Å². The monoisotopic (exact) mass is 241 g/mol. The molecule has 1 fully saturated rings. The molecule has 1 aromatic heterocycles. The second-order valence-electron chi connectivity index (χ2n) is 3.51. The first-order valence-corrected chi connectivity index (χ1v) is 5.36. The van der Waals surface area contributed by atoms with Gasteiger partial charge in [0.25, 0.3) is 0 Å². The van der Waals surface area contributed by atoms with Crippen LogP contribution in [-0.4, -0.2) is 16.2 Å². The molecule has 0 aliphatic heterocycles. The maximum atomic E-state index is 9.66. The van der Waals surface area contributed by atoms with Crippen molar-refractivity contribution in [3.8, 4) is 0 Å². The molecule has 2 rings (SSSR count). The van der Waals surface area contributed by atoms with Crippen LogP contribution in [0.5, 0.6) is 0 Å². The Hall–Kier alpha value is -0.410. The molecular formula is C10H12BrNO. The van der Waals surface area contributed by atoms with E-state index in [1.165, 1.54) is 0 Å². The zero-order valence-electron chi connectivity index (χ0n) is 7.28. The van der Waals surface area contributed by atoms with Gasteiger partial charge in [-0.1, -0.05) is 6.42 Å². The van der Waals surface area contributed by atoms with Gasteiger partial charge in [-0.3, -0.25) is 4.98 Å². The largest absolute Gasteiger partial charge is 0.392 e. The van der Waals surface area contributed by atoms with Crippen molar-refractivity contribution in [3.63, 3.8) is 0 Å². The standard InChI is InChI=1S/C10H12BrNO/c11-7-4-5-9(12-6-7)8-2-1-3-10(8)13/h4-6,8,10,13H,1-3H2. The van der Waals surface area contributed by atoms with E-state index in [2.05, 4.69) is 20.9 Å². The summed E-state index contributed by atoms with van der Waals surface area (Å²) in [7, 11) is 0. The summed E-state index contributed by atoms with van der Waals surface area (Å²) in [6, 6.07) is 3.97. The van der Waals surface area contributed by atoms with Crippen LogP contribution in [0.2, 0.25) is 0 Å². The molecule has 13 heavy (non-hydrogen) atoms. The first kappa shape index (κ1) is 9.16. The van der Waals surface area contributed by atoms with E-state index in [1.807, 2.05) is 12.1 Å². The van der Waals surface area contributed by atoms with E-state index in [0.29, 0.717) is 0 Å². The van der Waals surface area contributed by atoms with Crippen LogP contribution in [0.3, 0.4) is 0 Å². The molecule has 3 heteroatoms. The molecule has 2 unspecified atom stereocenters. The summed E-state index contributed by atoms with van der Waals surface area (Å²) in [6.45, 7) is 0. The van der Waals surface area contributed by atoms with Gasteiger partial charge in [0.1, 0.15) is 0 Å². The summed E-state index contributed by atoms with van der Waals surface area (Å²) < 4.78 is 0.990. The molecule has 1 saturated carbocycles. The van der Waals surface area contributed by atoms with Crippen molar-refractivity contribution in [2.45, 2.75) is 31.3 Å². The molecule has 0 aromatic carbocycles. The Kier molecular flexibility index (Phi) is 2.65. The lowest BCUT2D eigenvalue weighted by Crippen LogP contribution is -2.12. The number of nitrogens with zero attached hydrogens (tertiary/aromatic N) is 1. The lowest BCUT2D eigenvalue weighted by molar-refractivity contribution is 0.162. The van der Waals surface area contributed by atoms with E-state index in [4.69, 9.17) is 0 Å². The Morgan fingerprint density at radius 3 is 2.77 bits per heavy atom. The lowest BCUT2D eigenvalue weighted by Gasteiger charge is -2.13. The Balaban J connectivity index is 2.20. The SMILES string of the molecule is OC1CCCC1c1ccc(Br)cn1. The van der Waals surface area contributed by atoms with Gasteiger partial charge in [0.05, 0.1) is 6.10 Å². The fourth-order valence-electron chi connectivity index (χ4n) is 1.89. The highest BCUT2D eigenvalue weighted by Crippen LogP contribution is 2.33. The Morgan fingerprint density at radius 1 is 1.38 bits per heavy atom. The number of aliphatic hydroxyl groups excluding tert-OH is 1. The minimum atomic E-state index is -0.186. The highest BCUT2D eigenvalue weighted by Gasteiger charge is 2.27. The van der Waals surface area contributed by atoms with Gasteiger partial charge in [-0.25, -0.2) is 0 Å². The second-order valence-corrected chi connectivity index (χ2v) is 4.42. The third-order valence-corrected chi connectivity index (χ3v) is 3.08. The van der Waals surface area contributed by atoms with E-state index >= 15 is 0 Å². The molecule has 1 heterocycles. The number of hydrogen-bond acceptors (Lipinski definition) is 2. The maximum Gasteiger partial charge on any atom is 0.0623 e. The van der Waals surface area contributed by atoms with Gasteiger partial charge >= 0.3 is 0 Å². The van der Waals surface area contributed by atoms with E-state index in [-0.39, 0.29) is 12.0 Å². The second kappa shape index (κ2) is 3.76. The zero-order chi connectivity index (χ0) is 9.26. The normalized spacial score (nSPS) is 27.8. The Bertz CT molecular complexity index is 285. The third kappa shape index (κ3) is 1.92. The van der Waals surface area contributed by atoms with Crippen molar-refractivity contribution in [1.82, 2.24) is 4.98 Å². The van der Waals surface area contributed by atoms with Crippen molar-refractivity contribution in [3.05, 3.63) is 28.5 Å². The van der Waals surface area contributed by atoms with Crippen LogP contribution in [0.15, 0.2) is 22.8 Å². The topological polar surface area (TPSA) is 33.1 Å². The van der Waals surface area contributed by atoms with Gasteiger partial charge in [0.2, 0.25) is 0 Å². The van der Waals surface area contributed by atoms with Crippen molar-refractivity contribution < 1.29 is 5.11 Å². The fraction of sp³-hybridized carbons (Fsp3) is 0.500. The number of pyridine rings is 1. The van der Waals surface area contributed by atoms with Gasteiger partial charge in [0, 0.05) is 22.3 Å². The number of aliphatic hydroxyl groups is 1. The van der Waals surface area contributed by atoms with Gasteiger partial charge in [-0.05, 0) is 40.9 Å². The van der Waals surface area contributed by atoms with Gasteiger partial charge in [0.15, 0.2) is 0 Å². The molecule has 1 aliphatic carbocycles. The smallest absolute Gasteiger partial charge is 0.0623 e. The lowest BCUT2D eigenvalue weighted by atomic mass is 10.0. The predicted octanol–water partition coefficient (Wildman–Crippen LogP) is 2.47. The average Bonchev–Trinajstić information content (AvgIpc) is 2.53. The maximum absolute atomic E-state index is 9.66. The van der Waals surface area contributed by atoms with Crippen molar-refractivity contribution >= 4 is 15.9 Å². The number of hydrogen-bond donors (Lipinski definition) is 1. The molecule has 0 amide bonds. The van der Waals surface area contributed by atoms with Gasteiger partial charge in [-0.2, -0.15) is 0 Å². The molecule has 0 radical (unpaired) electrons. The first-order chi connectivity index (χ1) is 6.27.